The lowest BCUT2D eigenvalue weighted by Gasteiger charge is -2.24. The van der Waals surface area contributed by atoms with E-state index >= 15 is 0 Å². The highest BCUT2D eigenvalue weighted by Crippen LogP contribution is 2.32. The first-order valence-corrected chi connectivity index (χ1v) is 8.85. The average molecular weight is 352 g/mol. The average Bonchev–Trinajstić information content (AvgIpc) is 3.05. The Balaban J connectivity index is 1.73. The van der Waals surface area contributed by atoms with Gasteiger partial charge in [-0.25, -0.2) is 0 Å². The number of nitrogens with one attached hydrogen (secondary N) is 1. The van der Waals surface area contributed by atoms with Crippen LogP contribution in [0, 0.1) is 0 Å². The highest BCUT2D eigenvalue weighted by atomic mass is 16.5. The van der Waals surface area contributed by atoms with Gasteiger partial charge < -0.3 is 10.1 Å². The van der Waals surface area contributed by atoms with Crippen molar-refractivity contribution in [3.05, 3.63) is 59.7 Å². The number of rotatable bonds is 5. The fourth-order valence-corrected chi connectivity index (χ4v) is 3.23. The quantitative estimate of drug-likeness (QED) is 0.900. The number of carbonyl (C=O) groups is 2. The Morgan fingerprint density at radius 3 is 2.50 bits per heavy atom. The summed E-state index contributed by atoms with van der Waals surface area (Å²) in [5.74, 6) is 0.694. The second kappa shape index (κ2) is 7.60. The second-order valence-electron chi connectivity index (χ2n) is 6.74. The number of carbonyl (C=O) groups excluding carboxylic acids is 2. The Kier molecular flexibility index (Phi) is 5.26. The largest absolute Gasteiger partial charge is 0.484 e. The van der Waals surface area contributed by atoms with Gasteiger partial charge >= 0.3 is 0 Å². The van der Waals surface area contributed by atoms with Gasteiger partial charge in [-0.05, 0) is 35.2 Å². The minimum atomic E-state index is -0.531. The predicted octanol–water partition coefficient (Wildman–Crippen LogP) is 2.89. The van der Waals surface area contributed by atoms with Crippen molar-refractivity contribution in [2.24, 2.45) is 0 Å². The lowest BCUT2D eigenvalue weighted by Crippen LogP contribution is -2.48. The summed E-state index contributed by atoms with van der Waals surface area (Å²) < 4.78 is 5.67. The molecule has 2 aromatic carbocycles. The summed E-state index contributed by atoms with van der Waals surface area (Å²) in [5.41, 5.74) is 3.00. The number of ether oxygens (including phenoxy) is 1. The minimum Gasteiger partial charge on any atom is -0.484 e. The lowest BCUT2D eigenvalue weighted by molar-refractivity contribution is -0.126. The van der Waals surface area contributed by atoms with Crippen molar-refractivity contribution < 1.29 is 14.3 Å². The molecule has 2 amide bonds. The van der Waals surface area contributed by atoms with Crippen molar-refractivity contribution >= 4 is 17.5 Å². The van der Waals surface area contributed by atoms with Crippen LogP contribution in [0.25, 0.3) is 0 Å². The van der Waals surface area contributed by atoms with Gasteiger partial charge in [0.2, 0.25) is 5.91 Å². The maximum absolute atomic E-state index is 12.8. The fraction of sp³-hybridized carbons (Fsp3) is 0.333. The summed E-state index contributed by atoms with van der Waals surface area (Å²) in [4.78, 5) is 26.6. The van der Waals surface area contributed by atoms with E-state index in [4.69, 9.17) is 4.74 Å². The molecule has 5 heteroatoms. The number of fused-ring (bicyclic) bond motifs is 1. The highest BCUT2D eigenvalue weighted by molar-refractivity contribution is 6.04. The number of anilines is 1. The molecule has 5 nitrogen and oxygen atoms in total. The summed E-state index contributed by atoms with van der Waals surface area (Å²) in [7, 11) is 1.58. The van der Waals surface area contributed by atoms with Crippen molar-refractivity contribution in [2.75, 3.05) is 18.6 Å². The molecule has 0 saturated carbocycles. The minimum absolute atomic E-state index is 0.108. The van der Waals surface area contributed by atoms with Gasteiger partial charge in [0, 0.05) is 19.2 Å². The molecule has 1 unspecified atom stereocenters. The second-order valence-corrected chi connectivity index (χ2v) is 6.74. The van der Waals surface area contributed by atoms with Crippen LogP contribution in [0.3, 0.4) is 0 Å². The zero-order valence-corrected chi connectivity index (χ0v) is 15.4. The van der Waals surface area contributed by atoms with Crippen molar-refractivity contribution in [1.82, 2.24) is 5.32 Å². The summed E-state index contributed by atoms with van der Waals surface area (Å²) >= 11 is 0. The van der Waals surface area contributed by atoms with Gasteiger partial charge in [0.25, 0.3) is 5.91 Å². The zero-order valence-electron chi connectivity index (χ0n) is 15.4. The first-order valence-electron chi connectivity index (χ1n) is 8.85. The molecule has 0 aromatic heterocycles. The van der Waals surface area contributed by atoms with Gasteiger partial charge in [0.15, 0.2) is 6.61 Å². The number of hydrogen-bond acceptors (Lipinski definition) is 3. The molecule has 0 saturated heterocycles. The molecule has 0 aliphatic carbocycles. The molecule has 3 rings (SSSR count). The molecule has 0 bridgehead atoms. The van der Waals surface area contributed by atoms with Crippen molar-refractivity contribution in [3.8, 4) is 5.75 Å². The van der Waals surface area contributed by atoms with Crippen LogP contribution in [-0.2, 0) is 16.0 Å². The van der Waals surface area contributed by atoms with E-state index in [9.17, 15) is 9.59 Å². The predicted molar refractivity (Wildman–Crippen MR) is 102 cm³/mol. The van der Waals surface area contributed by atoms with Crippen LogP contribution in [0.5, 0.6) is 5.75 Å². The van der Waals surface area contributed by atoms with Gasteiger partial charge in [0.1, 0.15) is 11.8 Å². The van der Waals surface area contributed by atoms with Gasteiger partial charge in [-0.15, -0.1) is 0 Å². The number of nitrogens with zero attached hydrogens (tertiary/aromatic N) is 1. The van der Waals surface area contributed by atoms with Crippen LogP contribution in [0.2, 0.25) is 0 Å². The number of benzene rings is 2. The van der Waals surface area contributed by atoms with Crippen LogP contribution >= 0.6 is 0 Å². The van der Waals surface area contributed by atoms with Crippen molar-refractivity contribution in [2.45, 2.75) is 32.2 Å². The maximum Gasteiger partial charge on any atom is 0.265 e. The fourth-order valence-electron chi connectivity index (χ4n) is 3.23. The summed E-state index contributed by atoms with van der Waals surface area (Å²) in [5, 5.41) is 2.64. The Morgan fingerprint density at radius 2 is 1.85 bits per heavy atom. The van der Waals surface area contributed by atoms with E-state index < -0.39 is 6.04 Å². The Hall–Kier alpha value is -2.82. The maximum atomic E-state index is 12.8. The zero-order chi connectivity index (χ0) is 18.7. The van der Waals surface area contributed by atoms with E-state index in [0.29, 0.717) is 18.1 Å². The number of hydrogen-bond donors (Lipinski definition) is 1. The molecule has 1 heterocycles. The SMILES string of the molecule is CNC(=O)C1Cc2ccccc2N1C(=O)COc1ccc(C(C)C)cc1. The van der Waals surface area contributed by atoms with Gasteiger partial charge in [-0.2, -0.15) is 0 Å². The van der Waals surface area contributed by atoms with E-state index in [1.165, 1.54) is 5.56 Å². The summed E-state index contributed by atoms with van der Waals surface area (Å²) in [6.45, 7) is 4.15. The molecule has 1 aliphatic heterocycles. The van der Waals surface area contributed by atoms with Crippen LogP contribution < -0.4 is 15.0 Å². The molecule has 0 radical (unpaired) electrons. The number of likely N-dealkylation sites (N-methyl/N-ethyl adjacent to an activating group) is 1. The van der Waals surface area contributed by atoms with Gasteiger partial charge in [-0.1, -0.05) is 44.2 Å². The molecule has 0 spiro atoms. The first-order chi connectivity index (χ1) is 12.5. The molecule has 26 heavy (non-hydrogen) atoms. The van der Waals surface area contributed by atoms with E-state index in [2.05, 4.69) is 19.2 Å². The van der Waals surface area contributed by atoms with Gasteiger partial charge in [-0.3, -0.25) is 14.5 Å². The normalized spacial score (nSPS) is 15.7. The van der Waals surface area contributed by atoms with E-state index in [1.54, 1.807) is 11.9 Å². The van der Waals surface area contributed by atoms with E-state index in [0.717, 1.165) is 11.3 Å². The van der Waals surface area contributed by atoms with Gasteiger partial charge in [0.05, 0.1) is 0 Å². The standard InChI is InChI=1S/C21H24N2O3/c1-14(2)15-8-10-17(11-9-15)26-13-20(24)23-18-7-5-4-6-16(18)12-19(23)21(25)22-3/h4-11,14,19H,12-13H2,1-3H3,(H,22,25). The topological polar surface area (TPSA) is 58.6 Å². The third-order valence-electron chi connectivity index (χ3n) is 4.70. The Labute approximate surface area is 154 Å². The highest BCUT2D eigenvalue weighted by Gasteiger charge is 2.37. The number of amides is 2. The molecule has 1 atom stereocenters. The van der Waals surface area contributed by atoms with Crippen LogP contribution in [0.4, 0.5) is 5.69 Å². The molecular formula is C21H24N2O3. The van der Waals surface area contributed by atoms with E-state index in [1.807, 2.05) is 48.5 Å². The summed E-state index contributed by atoms with van der Waals surface area (Å²) in [6, 6.07) is 14.8. The molecule has 2 aromatic rings. The summed E-state index contributed by atoms with van der Waals surface area (Å²) in [6.07, 6.45) is 0.519. The first kappa shape index (κ1) is 18.0. The smallest absolute Gasteiger partial charge is 0.265 e. The van der Waals surface area contributed by atoms with Crippen molar-refractivity contribution in [3.63, 3.8) is 0 Å². The molecule has 0 fully saturated rings. The molecule has 136 valence electrons. The Morgan fingerprint density at radius 1 is 1.15 bits per heavy atom. The third-order valence-corrected chi connectivity index (χ3v) is 4.70. The van der Waals surface area contributed by atoms with Crippen LogP contribution in [0.1, 0.15) is 30.9 Å². The molecule has 1 aliphatic rings. The third kappa shape index (κ3) is 3.57. The van der Waals surface area contributed by atoms with Crippen molar-refractivity contribution in [1.29, 1.82) is 0 Å². The number of para-hydroxylation sites is 1. The lowest BCUT2D eigenvalue weighted by atomic mass is 10.0. The molecular weight excluding hydrogens is 328 g/mol. The van der Waals surface area contributed by atoms with Crippen LogP contribution in [-0.4, -0.2) is 31.5 Å². The Bertz CT molecular complexity index is 799. The molecule has 1 N–H and O–H groups in total. The van der Waals surface area contributed by atoms with Crippen LogP contribution in [0.15, 0.2) is 48.5 Å². The van der Waals surface area contributed by atoms with E-state index in [-0.39, 0.29) is 18.4 Å². The monoisotopic (exact) mass is 352 g/mol.